The lowest BCUT2D eigenvalue weighted by Crippen LogP contribution is -2.19. The van der Waals surface area contributed by atoms with E-state index in [2.05, 4.69) is 10.4 Å². The van der Waals surface area contributed by atoms with E-state index in [-0.39, 0.29) is 12.5 Å². The Labute approximate surface area is 130 Å². The van der Waals surface area contributed by atoms with Gasteiger partial charge in [0.2, 0.25) is 5.91 Å². The van der Waals surface area contributed by atoms with Crippen LogP contribution < -0.4 is 5.32 Å². The fourth-order valence-electron chi connectivity index (χ4n) is 1.76. The van der Waals surface area contributed by atoms with E-state index in [0.29, 0.717) is 21.3 Å². The van der Waals surface area contributed by atoms with Gasteiger partial charge >= 0.3 is 5.97 Å². The molecule has 0 unspecified atom stereocenters. The van der Waals surface area contributed by atoms with E-state index in [0.717, 1.165) is 4.88 Å². The molecule has 0 saturated heterocycles. The van der Waals surface area contributed by atoms with Gasteiger partial charge in [-0.1, -0.05) is 11.6 Å². The zero-order chi connectivity index (χ0) is 15.6. The predicted molar refractivity (Wildman–Crippen MR) is 81.0 cm³/mol. The van der Waals surface area contributed by atoms with Crippen LogP contribution in [0.25, 0.3) is 0 Å². The lowest BCUT2D eigenvalue weighted by Gasteiger charge is -2.05. The Balaban J connectivity index is 2.11. The van der Waals surface area contributed by atoms with Gasteiger partial charge in [0.1, 0.15) is 11.5 Å². The van der Waals surface area contributed by atoms with Gasteiger partial charge in [0.15, 0.2) is 0 Å². The summed E-state index contributed by atoms with van der Waals surface area (Å²) >= 11 is 7.20. The molecule has 0 aliphatic rings. The average molecular weight is 328 g/mol. The van der Waals surface area contributed by atoms with Gasteiger partial charge in [0.25, 0.3) is 0 Å². The number of thiophene rings is 1. The Bertz CT molecular complexity index is 673. The van der Waals surface area contributed by atoms with E-state index in [1.54, 1.807) is 19.2 Å². The molecule has 0 aliphatic carbocycles. The Morgan fingerprint density at radius 3 is 2.76 bits per heavy atom. The maximum Gasteiger partial charge on any atom is 0.340 e. The number of aryl methyl sites for hydroxylation is 2. The third-order valence-electron chi connectivity index (χ3n) is 2.71. The van der Waals surface area contributed by atoms with Crippen molar-refractivity contribution < 1.29 is 14.3 Å². The highest BCUT2D eigenvalue weighted by Crippen LogP contribution is 2.28. The molecule has 2 aromatic heterocycles. The van der Waals surface area contributed by atoms with E-state index in [9.17, 15) is 9.59 Å². The van der Waals surface area contributed by atoms with Crippen molar-refractivity contribution >= 4 is 39.8 Å². The Kier molecular flexibility index (Phi) is 4.64. The van der Waals surface area contributed by atoms with Crippen LogP contribution in [0.1, 0.15) is 20.9 Å². The third-order valence-corrected chi connectivity index (χ3v) is 4.04. The lowest BCUT2D eigenvalue weighted by molar-refractivity contribution is -0.116. The maximum atomic E-state index is 12.0. The Morgan fingerprint density at radius 1 is 1.48 bits per heavy atom. The smallest absolute Gasteiger partial charge is 0.340 e. The number of methoxy groups -OCH3 is 1. The number of esters is 1. The van der Waals surface area contributed by atoms with Gasteiger partial charge in [-0.3, -0.25) is 9.48 Å². The second-order valence-electron chi connectivity index (χ2n) is 4.40. The van der Waals surface area contributed by atoms with Gasteiger partial charge in [-0.25, -0.2) is 4.79 Å². The number of rotatable bonds is 4. The summed E-state index contributed by atoms with van der Waals surface area (Å²) in [6.07, 6.45) is 1.58. The SMILES string of the molecule is COC(=O)c1cc(C)sc1NC(=O)Cn1cc(Cl)c(C)n1. The minimum absolute atomic E-state index is 0.0190. The Morgan fingerprint density at radius 2 is 2.19 bits per heavy atom. The van der Waals surface area contributed by atoms with Gasteiger partial charge in [-0.15, -0.1) is 11.3 Å². The van der Waals surface area contributed by atoms with Crippen LogP contribution in [0.2, 0.25) is 5.02 Å². The zero-order valence-corrected chi connectivity index (χ0v) is 13.3. The normalized spacial score (nSPS) is 10.5. The highest BCUT2D eigenvalue weighted by atomic mass is 35.5. The Hall–Kier alpha value is -1.86. The molecule has 1 amide bonds. The van der Waals surface area contributed by atoms with Crippen LogP contribution in [0.15, 0.2) is 12.3 Å². The summed E-state index contributed by atoms with van der Waals surface area (Å²) in [5.41, 5.74) is 1.01. The first-order chi connectivity index (χ1) is 9.90. The minimum Gasteiger partial charge on any atom is -0.465 e. The molecule has 2 heterocycles. The number of nitrogens with zero attached hydrogens (tertiary/aromatic N) is 2. The number of hydrogen-bond acceptors (Lipinski definition) is 5. The second kappa shape index (κ2) is 6.28. The van der Waals surface area contributed by atoms with E-state index in [1.807, 2.05) is 6.92 Å². The van der Waals surface area contributed by atoms with Crippen LogP contribution in [-0.2, 0) is 16.1 Å². The van der Waals surface area contributed by atoms with Gasteiger partial charge in [0, 0.05) is 11.1 Å². The topological polar surface area (TPSA) is 73.2 Å². The molecule has 21 heavy (non-hydrogen) atoms. The first kappa shape index (κ1) is 15.5. The highest BCUT2D eigenvalue weighted by Gasteiger charge is 2.17. The van der Waals surface area contributed by atoms with Crippen molar-refractivity contribution in [3.8, 4) is 0 Å². The number of amides is 1. The average Bonchev–Trinajstić information content (AvgIpc) is 2.92. The molecule has 2 aromatic rings. The molecule has 8 heteroatoms. The number of carbonyl (C=O) groups is 2. The molecular weight excluding hydrogens is 314 g/mol. The fourth-order valence-corrected chi connectivity index (χ4v) is 2.82. The fraction of sp³-hybridized carbons (Fsp3) is 0.308. The molecule has 0 atom stereocenters. The quantitative estimate of drug-likeness (QED) is 0.876. The summed E-state index contributed by atoms with van der Waals surface area (Å²) in [6.45, 7) is 3.63. The number of anilines is 1. The summed E-state index contributed by atoms with van der Waals surface area (Å²) in [5.74, 6) is -0.770. The largest absolute Gasteiger partial charge is 0.465 e. The van der Waals surface area contributed by atoms with Crippen LogP contribution in [0.3, 0.4) is 0 Å². The molecule has 2 rings (SSSR count). The molecule has 112 valence electrons. The second-order valence-corrected chi connectivity index (χ2v) is 6.06. The summed E-state index contributed by atoms with van der Waals surface area (Å²) in [4.78, 5) is 24.6. The van der Waals surface area contributed by atoms with Crippen LogP contribution in [0, 0.1) is 13.8 Å². The van der Waals surface area contributed by atoms with E-state index >= 15 is 0 Å². The van der Waals surface area contributed by atoms with Crippen molar-refractivity contribution in [3.05, 3.63) is 33.4 Å². The van der Waals surface area contributed by atoms with Crippen molar-refractivity contribution in [2.45, 2.75) is 20.4 Å². The van der Waals surface area contributed by atoms with Crippen molar-refractivity contribution in [1.82, 2.24) is 9.78 Å². The zero-order valence-electron chi connectivity index (χ0n) is 11.8. The van der Waals surface area contributed by atoms with E-state index in [4.69, 9.17) is 16.3 Å². The summed E-state index contributed by atoms with van der Waals surface area (Å²) in [6, 6.07) is 1.68. The molecule has 0 spiro atoms. The van der Waals surface area contributed by atoms with Crippen LogP contribution in [-0.4, -0.2) is 28.8 Å². The van der Waals surface area contributed by atoms with Crippen molar-refractivity contribution in [1.29, 1.82) is 0 Å². The molecule has 0 bridgehead atoms. The number of aromatic nitrogens is 2. The number of carbonyl (C=O) groups excluding carboxylic acids is 2. The summed E-state index contributed by atoms with van der Waals surface area (Å²) in [5, 5.41) is 7.78. The lowest BCUT2D eigenvalue weighted by atomic mass is 10.3. The monoisotopic (exact) mass is 327 g/mol. The number of nitrogens with one attached hydrogen (secondary N) is 1. The van der Waals surface area contributed by atoms with Crippen LogP contribution in [0.4, 0.5) is 5.00 Å². The first-order valence-corrected chi connectivity index (χ1v) is 7.28. The van der Waals surface area contributed by atoms with Crippen LogP contribution in [0.5, 0.6) is 0 Å². The van der Waals surface area contributed by atoms with Gasteiger partial charge in [-0.2, -0.15) is 5.10 Å². The van der Waals surface area contributed by atoms with Gasteiger partial charge < -0.3 is 10.1 Å². The first-order valence-electron chi connectivity index (χ1n) is 6.09. The van der Waals surface area contributed by atoms with Gasteiger partial charge in [0.05, 0.1) is 23.4 Å². The standard InChI is InChI=1S/C13H14ClN3O3S/c1-7-4-9(13(19)20-3)12(21-7)15-11(18)6-17-5-10(14)8(2)16-17/h4-5H,6H2,1-3H3,(H,15,18). The molecule has 0 aromatic carbocycles. The highest BCUT2D eigenvalue weighted by molar-refractivity contribution is 7.16. The number of hydrogen-bond donors (Lipinski definition) is 1. The maximum absolute atomic E-state index is 12.0. The minimum atomic E-state index is -0.479. The predicted octanol–water partition coefficient (Wildman–Crippen LogP) is 2.64. The molecule has 0 radical (unpaired) electrons. The third kappa shape index (κ3) is 3.62. The summed E-state index contributed by atoms with van der Waals surface area (Å²) < 4.78 is 6.14. The molecule has 0 aliphatic heterocycles. The number of halogens is 1. The molecule has 1 N–H and O–H groups in total. The van der Waals surface area contributed by atoms with Crippen molar-refractivity contribution in [2.75, 3.05) is 12.4 Å². The molecular formula is C13H14ClN3O3S. The van der Waals surface area contributed by atoms with Crippen LogP contribution >= 0.6 is 22.9 Å². The van der Waals surface area contributed by atoms with Crippen molar-refractivity contribution in [2.24, 2.45) is 0 Å². The van der Waals surface area contributed by atoms with Crippen molar-refractivity contribution in [3.63, 3.8) is 0 Å². The summed E-state index contributed by atoms with van der Waals surface area (Å²) in [7, 11) is 1.30. The molecule has 6 nitrogen and oxygen atoms in total. The molecule has 0 saturated carbocycles. The number of ether oxygens (including phenoxy) is 1. The van der Waals surface area contributed by atoms with E-state index in [1.165, 1.54) is 23.1 Å². The van der Waals surface area contributed by atoms with E-state index < -0.39 is 5.97 Å². The van der Waals surface area contributed by atoms with Gasteiger partial charge in [-0.05, 0) is 19.9 Å². The molecule has 0 fully saturated rings.